The van der Waals surface area contributed by atoms with Gasteiger partial charge in [0.05, 0.1) is 5.92 Å². The van der Waals surface area contributed by atoms with Crippen LogP contribution in [0, 0.1) is 11.3 Å². The molecule has 1 aromatic rings. The first kappa shape index (κ1) is 15.6. The number of hydrogen-bond acceptors (Lipinski definition) is 4. The van der Waals surface area contributed by atoms with E-state index in [0.29, 0.717) is 13.1 Å². The number of hydrogen-bond donors (Lipinski definition) is 2. The van der Waals surface area contributed by atoms with Crippen molar-refractivity contribution in [1.29, 1.82) is 0 Å². The van der Waals surface area contributed by atoms with Gasteiger partial charge in [-0.1, -0.05) is 26.8 Å². The molecule has 5 heteroatoms. The maximum absolute atomic E-state index is 12.2. The summed E-state index contributed by atoms with van der Waals surface area (Å²) in [6, 6.07) is 5.68. The Kier molecular flexibility index (Phi) is 4.73. The predicted octanol–water partition coefficient (Wildman–Crippen LogP) is 2.04. The standard InChI is InChI=1S/C16H24N2O3/c1-16(2,3)7-12(8-17)15(19)18-9-11-4-5-13-14(6-11)21-10-20-13/h4-6,12H,7-10,17H2,1-3H3,(H,18,19). The molecule has 0 bridgehead atoms. The lowest BCUT2D eigenvalue weighted by atomic mass is 9.84. The number of ether oxygens (including phenoxy) is 2. The second-order valence-corrected chi connectivity index (χ2v) is 6.60. The van der Waals surface area contributed by atoms with Gasteiger partial charge in [0.15, 0.2) is 11.5 Å². The Hall–Kier alpha value is -1.75. The maximum Gasteiger partial charge on any atom is 0.231 e. The zero-order chi connectivity index (χ0) is 15.5. The van der Waals surface area contributed by atoms with Gasteiger partial charge in [0.2, 0.25) is 12.7 Å². The summed E-state index contributed by atoms with van der Waals surface area (Å²) in [6.07, 6.45) is 0.774. The number of rotatable bonds is 5. The van der Waals surface area contributed by atoms with Gasteiger partial charge in [0.25, 0.3) is 0 Å². The average molecular weight is 292 g/mol. The van der Waals surface area contributed by atoms with Gasteiger partial charge in [0.1, 0.15) is 0 Å². The van der Waals surface area contributed by atoms with E-state index in [1.807, 2.05) is 18.2 Å². The average Bonchev–Trinajstić information content (AvgIpc) is 2.88. The van der Waals surface area contributed by atoms with Gasteiger partial charge in [-0.2, -0.15) is 0 Å². The fourth-order valence-corrected chi connectivity index (χ4v) is 2.41. The molecule has 1 aromatic carbocycles. The van der Waals surface area contributed by atoms with Crippen LogP contribution in [0.1, 0.15) is 32.8 Å². The van der Waals surface area contributed by atoms with Crippen molar-refractivity contribution in [2.24, 2.45) is 17.1 Å². The molecule has 21 heavy (non-hydrogen) atoms. The Morgan fingerprint density at radius 1 is 1.33 bits per heavy atom. The smallest absolute Gasteiger partial charge is 0.231 e. The van der Waals surface area contributed by atoms with E-state index in [9.17, 15) is 4.79 Å². The number of carbonyl (C=O) groups excluding carboxylic acids is 1. The normalized spacial score (nSPS) is 14.9. The monoisotopic (exact) mass is 292 g/mol. The van der Waals surface area contributed by atoms with Gasteiger partial charge in [-0.25, -0.2) is 0 Å². The molecule has 1 aliphatic rings. The topological polar surface area (TPSA) is 73.6 Å². The van der Waals surface area contributed by atoms with E-state index >= 15 is 0 Å². The summed E-state index contributed by atoms with van der Waals surface area (Å²) in [5, 5.41) is 2.95. The number of amides is 1. The fraction of sp³-hybridized carbons (Fsp3) is 0.562. The largest absolute Gasteiger partial charge is 0.454 e. The molecule has 1 atom stereocenters. The number of nitrogens with one attached hydrogen (secondary N) is 1. The maximum atomic E-state index is 12.2. The molecule has 0 saturated heterocycles. The van der Waals surface area contributed by atoms with Crippen LogP contribution in [0.4, 0.5) is 0 Å². The van der Waals surface area contributed by atoms with Crippen molar-refractivity contribution < 1.29 is 14.3 Å². The van der Waals surface area contributed by atoms with Crippen LogP contribution in [0.5, 0.6) is 11.5 Å². The van der Waals surface area contributed by atoms with Gasteiger partial charge in [-0.15, -0.1) is 0 Å². The van der Waals surface area contributed by atoms with Crippen molar-refractivity contribution in [3.8, 4) is 11.5 Å². The zero-order valence-electron chi connectivity index (χ0n) is 12.9. The molecule has 1 heterocycles. The van der Waals surface area contributed by atoms with Crippen LogP contribution in [0.15, 0.2) is 18.2 Å². The molecule has 2 rings (SSSR count). The minimum absolute atomic E-state index is 0.00471. The van der Waals surface area contributed by atoms with Gasteiger partial charge in [-0.05, 0) is 29.5 Å². The number of fused-ring (bicyclic) bond motifs is 1. The third-order valence-corrected chi connectivity index (χ3v) is 3.42. The molecule has 0 saturated carbocycles. The molecule has 1 aliphatic heterocycles. The Bertz CT molecular complexity index is 509. The van der Waals surface area contributed by atoms with Crippen molar-refractivity contribution in [1.82, 2.24) is 5.32 Å². The molecule has 3 N–H and O–H groups in total. The summed E-state index contributed by atoms with van der Waals surface area (Å²) in [7, 11) is 0. The molecule has 116 valence electrons. The Balaban J connectivity index is 1.91. The van der Waals surface area contributed by atoms with E-state index < -0.39 is 0 Å². The number of nitrogens with two attached hydrogens (primary N) is 1. The van der Waals surface area contributed by atoms with Gasteiger partial charge in [-0.3, -0.25) is 4.79 Å². The lowest BCUT2D eigenvalue weighted by Crippen LogP contribution is -2.36. The number of benzene rings is 1. The zero-order valence-corrected chi connectivity index (χ0v) is 12.9. The highest BCUT2D eigenvalue weighted by atomic mass is 16.7. The molecule has 0 spiro atoms. The summed E-state index contributed by atoms with van der Waals surface area (Å²) in [4.78, 5) is 12.2. The van der Waals surface area contributed by atoms with Crippen molar-refractivity contribution in [3.05, 3.63) is 23.8 Å². The third-order valence-electron chi connectivity index (χ3n) is 3.42. The van der Waals surface area contributed by atoms with Crippen LogP contribution in [0.3, 0.4) is 0 Å². The second kappa shape index (κ2) is 6.35. The van der Waals surface area contributed by atoms with Gasteiger partial charge in [0, 0.05) is 13.1 Å². The summed E-state index contributed by atoms with van der Waals surface area (Å²) in [6.45, 7) is 7.43. The second-order valence-electron chi connectivity index (χ2n) is 6.60. The molecule has 0 fully saturated rings. The lowest BCUT2D eigenvalue weighted by molar-refractivity contribution is -0.125. The van der Waals surface area contributed by atoms with E-state index in [1.54, 1.807) is 0 Å². The first-order valence-corrected chi connectivity index (χ1v) is 7.25. The van der Waals surface area contributed by atoms with Crippen LogP contribution in [-0.2, 0) is 11.3 Å². The van der Waals surface area contributed by atoms with Crippen LogP contribution >= 0.6 is 0 Å². The minimum atomic E-state index is -0.154. The highest BCUT2D eigenvalue weighted by Crippen LogP contribution is 2.32. The third kappa shape index (κ3) is 4.36. The molecule has 1 amide bonds. The SMILES string of the molecule is CC(C)(C)CC(CN)C(=O)NCc1ccc2c(c1)OCO2. The van der Waals surface area contributed by atoms with Crippen LogP contribution < -0.4 is 20.5 Å². The molecule has 1 unspecified atom stereocenters. The summed E-state index contributed by atoms with van der Waals surface area (Å²) >= 11 is 0. The predicted molar refractivity (Wildman–Crippen MR) is 81.0 cm³/mol. The molecule has 0 aromatic heterocycles. The van der Waals surface area contributed by atoms with Gasteiger partial charge >= 0.3 is 0 Å². The summed E-state index contributed by atoms with van der Waals surface area (Å²) in [5.74, 6) is 1.33. The first-order valence-electron chi connectivity index (χ1n) is 7.25. The van der Waals surface area contributed by atoms with E-state index in [0.717, 1.165) is 23.5 Å². The van der Waals surface area contributed by atoms with Crippen LogP contribution in [0.25, 0.3) is 0 Å². The Labute approximate surface area is 125 Å². The Morgan fingerprint density at radius 2 is 2.05 bits per heavy atom. The van der Waals surface area contributed by atoms with E-state index in [-0.39, 0.29) is 24.0 Å². The Morgan fingerprint density at radius 3 is 2.71 bits per heavy atom. The van der Waals surface area contributed by atoms with Crippen LogP contribution in [-0.4, -0.2) is 19.2 Å². The van der Waals surface area contributed by atoms with Crippen molar-refractivity contribution >= 4 is 5.91 Å². The van der Waals surface area contributed by atoms with E-state index in [1.165, 1.54) is 0 Å². The highest BCUT2D eigenvalue weighted by Gasteiger charge is 2.23. The molecule has 5 nitrogen and oxygen atoms in total. The van der Waals surface area contributed by atoms with Gasteiger partial charge < -0.3 is 20.5 Å². The highest BCUT2D eigenvalue weighted by molar-refractivity contribution is 5.78. The fourth-order valence-electron chi connectivity index (χ4n) is 2.41. The van der Waals surface area contributed by atoms with E-state index in [2.05, 4.69) is 26.1 Å². The lowest BCUT2D eigenvalue weighted by Gasteiger charge is -2.24. The van der Waals surface area contributed by atoms with E-state index in [4.69, 9.17) is 15.2 Å². The first-order chi connectivity index (χ1) is 9.89. The van der Waals surface area contributed by atoms with Crippen LogP contribution in [0.2, 0.25) is 0 Å². The molecule has 0 aliphatic carbocycles. The number of carbonyl (C=O) groups is 1. The molecular weight excluding hydrogens is 268 g/mol. The van der Waals surface area contributed by atoms with Crippen molar-refractivity contribution in [2.45, 2.75) is 33.7 Å². The van der Waals surface area contributed by atoms with Crippen molar-refractivity contribution in [2.75, 3.05) is 13.3 Å². The molecular formula is C16H24N2O3. The summed E-state index contributed by atoms with van der Waals surface area (Å²) in [5.41, 5.74) is 6.79. The quantitative estimate of drug-likeness (QED) is 0.871. The summed E-state index contributed by atoms with van der Waals surface area (Å²) < 4.78 is 10.6. The molecule has 0 radical (unpaired) electrons. The minimum Gasteiger partial charge on any atom is -0.454 e. The van der Waals surface area contributed by atoms with Crippen molar-refractivity contribution in [3.63, 3.8) is 0 Å².